The third-order valence-electron chi connectivity index (χ3n) is 5.94. The number of nitrogens with zero attached hydrogens (tertiary/aromatic N) is 4. The molecule has 0 saturated carbocycles. The Kier molecular flexibility index (Phi) is 6.52. The lowest BCUT2D eigenvalue weighted by atomic mass is 10.0. The first kappa shape index (κ1) is 22.4. The number of halogens is 1. The first-order valence-electron chi connectivity index (χ1n) is 11.1. The third kappa shape index (κ3) is 4.52. The molecule has 0 aliphatic rings. The van der Waals surface area contributed by atoms with Crippen LogP contribution in [0.15, 0.2) is 95.1 Å². The summed E-state index contributed by atoms with van der Waals surface area (Å²) in [6.07, 6.45) is 5.56. The predicted octanol–water partition coefficient (Wildman–Crippen LogP) is 5.92. The Morgan fingerprint density at radius 1 is 0.853 bits per heavy atom. The Bertz CT molecular complexity index is 1510. The molecule has 0 radical (unpaired) electrons. The predicted molar refractivity (Wildman–Crippen MR) is 138 cm³/mol. The van der Waals surface area contributed by atoms with Crippen LogP contribution in [0.4, 0.5) is 0 Å². The van der Waals surface area contributed by atoms with E-state index in [-0.39, 0.29) is 5.56 Å². The summed E-state index contributed by atoms with van der Waals surface area (Å²) in [5, 5.41) is 9.81. The Labute approximate surface area is 207 Å². The second-order valence-corrected chi connectivity index (χ2v) is 9.43. The maximum atomic E-state index is 13.1. The fraction of sp³-hybridized carbons (Fsp3) is 0.148. The number of thioether (sulfide) groups is 1. The standard InChI is InChI=1S/C27H23ClN4OS/c1-19-23(28)12-7-13-24(19)31-16-17-32-25(26(31)33)29-30-27(32)34-18-22-11-6-5-10-21(22)15-14-20-8-3-2-4-9-20/h2-13,16-17H,14-15,18H2,1H3. The maximum Gasteiger partial charge on any atom is 0.300 e. The van der Waals surface area contributed by atoms with Crippen LogP contribution >= 0.6 is 23.4 Å². The van der Waals surface area contributed by atoms with Crippen molar-refractivity contribution in [1.82, 2.24) is 19.2 Å². The number of hydrogen-bond donors (Lipinski definition) is 0. The molecule has 0 unspecified atom stereocenters. The first-order chi connectivity index (χ1) is 16.6. The lowest BCUT2D eigenvalue weighted by Crippen LogP contribution is -2.21. The van der Waals surface area contributed by atoms with E-state index >= 15 is 0 Å². The molecular weight excluding hydrogens is 464 g/mol. The number of hydrogen-bond acceptors (Lipinski definition) is 4. The maximum absolute atomic E-state index is 13.1. The molecule has 2 heterocycles. The van der Waals surface area contributed by atoms with E-state index in [2.05, 4.69) is 58.7 Å². The van der Waals surface area contributed by atoms with Crippen LogP contribution in [0, 0.1) is 6.92 Å². The molecule has 0 aliphatic carbocycles. The van der Waals surface area contributed by atoms with Crippen LogP contribution in [0.3, 0.4) is 0 Å². The Hall–Kier alpha value is -3.35. The number of rotatable bonds is 7. The van der Waals surface area contributed by atoms with E-state index in [1.165, 1.54) is 16.7 Å². The molecule has 0 aliphatic heterocycles. The second kappa shape index (κ2) is 9.87. The molecule has 0 saturated heterocycles. The van der Waals surface area contributed by atoms with Crippen molar-refractivity contribution in [2.24, 2.45) is 0 Å². The molecule has 2 aromatic heterocycles. The molecule has 5 aromatic rings. The number of aryl methyl sites for hydroxylation is 2. The van der Waals surface area contributed by atoms with Crippen LogP contribution in [0.5, 0.6) is 0 Å². The smallest absolute Gasteiger partial charge is 0.279 e. The van der Waals surface area contributed by atoms with Crippen molar-refractivity contribution in [1.29, 1.82) is 0 Å². The molecule has 0 fully saturated rings. The van der Waals surface area contributed by atoms with Gasteiger partial charge < -0.3 is 0 Å². The van der Waals surface area contributed by atoms with Gasteiger partial charge in [-0.05, 0) is 54.2 Å². The number of aromatic nitrogens is 4. The van der Waals surface area contributed by atoms with Gasteiger partial charge >= 0.3 is 5.56 Å². The van der Waals surface area contributed by atoms with Crippen molar-refractivity contribution in [2.75, 3.05) is 0 Å². The van der Waals surface area contributed by atoms with Crippen molar-refractivity contribution in [3.63, 3.8) is 0 Å². The third-order valence-corrected chi connectivity index (χ3v) is 7.34. The molecule has 5 nitrogen and oxygen atoms in total. The summed E-state index contributed by atoms with van der Waals surface area (Å²) in [7, 11) is 0. The van der Waals surface area contributed by atoms with E-state index in [1.807, 2.05) is 37.4 Å². The number of fused-ring (bicyclic) bond motifs is 1. The van der Waals surface area contributed by atoms with Crippen LogP contribution in [0.25, 0.3) is 11.3 Å². The summed E-state index contributed by atoms with van der Waals surface area (Å²) in [6.45, 7) is 1.90. The van der Waals surface area contributed by atoms with Gasteiger partial charge in [-0.2, -0.15) is 0 Å². The van der Waals surface area contributed by atoms with Gasteiger partial charge in [-0.15, -0.1) is 10.2 Å². The summed E-state index contributed by atoms with van der Waals surface area (Å²) < 4.78 is 3.33. The largest absolute Gasteiger partial charge is 0.300 e. The minimum Gasteiger partial charge on any atom is -0.279 e. The molecule has 0 spiro atoms. The first-order valence-corrected chi connectivity index (χ1v) is 12.4. The summed E-state index contributed by atoms with van der Waals surface area (Å²) >= 11 is 7.84. The van der Waals surface area contributed by atoms with Gasteiger partial charge in [-0.25, -0.2) is 0 Å². The molecule has 0 bridgehead atoms. The normalized spacial score (nSPS) is 11.2. The van der Waals surface area contributed by atoms with E-state index in [0.29, 0.717) is 15.8 Å². The molecule has 0 atom stereocenters. The van der Waals surface area contributed by atoms with Gasteiger partial charge in [0.05, 0.1) is 5.69 Å². The van der Waals surface area contributed by atoms with Gasteiger partial charge in [0, 0.05) is 23.2 Å². The van der Waals surface area contributed by atoms with Crippen molar-refractivity contribution in [2.45, 2.75) is 30.7 Å². The van der Waals surface area contributed by atoms with Gasteiger partial charge in [0.2, 0.25) is 5.65 Å². The van der Waals surface area contributed by atoms with Gasteiger partial charge in [0.15, 0.2) is 5.16 Å². The van der Waals surface area contributed by atoms with E-state index < -0.39 is 0 Å². The average Bonchev–Trinajstić information content (AvgIpc) is 3.29. The highest BCUT2D eigenvalue weighted by Crippen LogP contribution is 2.25. The lowest BCUT2D eigenvalue weighted by Gasteiger charge is -2.11. The molecule has 7 heteroatoms. The molecular formula is C27H23ClN4OS. The quantitative estimate of drug-likeness (QED) is 0.268. The van der Waals surface area contributed by atoms with E-state index in [1.54, 1.807) is 26.9 Å². The highest BCUT2D eigenvalue weighted by molar-refractivity contribution is 7.98. The summed E-state index contributed by atoms with van der Waals surface area (Å²) in [5.74, 6) is 0.752. The zero-order valence-electron chi connectivity index (χ0n) is 18.7. The fourth-order valence-corrected chi connectivity index (χ4v) is 5.14. The molecule has 5 rings (SSSR count). The molecule has 0 amide bonds. The molecule has 34 heavy (non-hydrogen) atoms. The summed E-state index contributed by atoms with van der Waals surface area (Å²) in [5.41, 5.74) is 5.58. The Morgan fingerprint density at radius 2 is 1.62 bits per heavy atom. The zero-order valence-corrected chi connectivity index (χ0v) is 20.3. The topological polar surface area (TPSA) is 52.2 Å². The minimum atomic E-state index is -0.226. The minimum absolute atomic E-state index is 0.226. The van der Waals surface area contributed by atoms with E-state index in [9.17, 15) is 4.79 Å². The second-order valence-electron chi connectivity index (χ2n) is 8.08. The highest BCUT2D eigenvalue weighted by Gasteiger charge is 2.14. The van der Waals surface area contributed by atoms with Crippen molar-refractivity contribution < 1.29 is 0 Å². The summed E-state index contributed by atoms with van der Waals surface area (Å²) in [4.78, 5) is 13.1. The van der Waals surface area contributed by atoms with E-state index in [0.717, 1.165) is 29.8 Å². The average molecular weight is 487 g/mol. The number of benzene rings is 3. The van der Waals surface area contributed by atoms with Gasteiger partial charge in [-0.3, -0.25) is 13.8 Å². The lowest BCUT2D eigenvalue weighted by molar-refractivity contribution is 0.889. The van der Waals surface area contributed by atoms with Crippen LogP contribution < -0.4 is 5.56 Å². The summed E-state index contributed by atoms with van der Waals surface area (Å²) in [6, 6.07) is 24.5. The van der Waals surface area contributed by atoms with E-state index in [4.69, 9.17) is 11.6 Å². The van der Waals surface area contributed by atoms with Gasteiger partial charge in [0.1, 0.15) is 0 Å². The van der Waals surface area contributed by atoms with Gasteiger partial charge in [-0.1, -0.05) is 84.0 Å². The molecule has 170 valence electrons. The van der Waals surface area contributed by atoms with Crippen LogP contribution in [0.2, 0.25) is 5.02 Å². The van der Waals surface area contributed by atoms with Crippen LogP contribution in [-0.2, 0) is 18.6 Å². The SMILES string of the molecule is Cc1c(Cl)cccc1-n1ccn2c(SCc3ccccc3CCc3ccccc3)nnc2c1=O. The van der Waals surface area contributed by atoms with Gasteiger partial charge in [0.25, 0.3) is 0 Å². The highest BCUT2D eigenvalue weighted by atomic mass is 35.5. The Morgan fingerprint density at radius 3 is 2.44 bits per heavy atom. The molecule has 3 aromatic carbocycles. The molecule has 0 N–H and O–H groups in total. The monoisotopic (exact) mass is 486 g/mol. The van der Waals surface area contributed by atoms with Crippen LogP contribution in [0.1, 0.15) is 22.3 Å². The van der Waals surface area contributed by atoms with Crippen molar-refractivity contribution >= 4 is 29.0 Å². The van der Waals surface area contributed by atoms with Crippen molar-refractivity contribution in [3.05, 3.63) is 123 Å². The van der Waals surface area contributed by atoms with Crippen LogP contribution in [-0.4, -0.2) is 19.2 Å². The van der Waals surface area contributed by atoms with Crippen molar-refractivity contribution in [3.8, 4) is 5.69 Å². The fourth-order valence-electron chi connectivity index (χ4n) is 4.02. The zero-order chi connectivity index (χ0) is 23.5. The Balaban J connectivity index is 1.37.